The van der Waals surface area contributed by atoms with Crippen molar-refractivity contribution in [2.45, 2.75) is 11.8 Å². The van der Waals surface area contributed by atoms with Crippen molar-refractivity contribution in [1.29, 1.82) is 0 Å². The van der Waals surface area contributed by atoms with Crippen LogP contribution in [0, 0.1) is 5.82 Å². The highest BCUT2D eigenvalue weighted by molar-refractivity contribution is 8.00. The summed E-state index contributed by atoms with van der Waals surface area (Å²) in [6.45, 7) is 1.75. The SMILES string of the molecule is O=C(O)c1n[nH]c2ccc(NC(=O)C3CN(Cc4ccccc4F)CCS3)cc12. The number of benzene rings is 2. The van der Waals surface area contributed by atoms with Crippen molar-refractivity contribution in [3.63, 3.8) is 0 Å². The van der Waals surface area contributed by atoms with Gasteiger partial charge in [-0.25, -0.2) is 9.18 Å². The van der Waals surface area contributed by atoms with Crippen molar-refractivity contribution < 1.29 is 19.1 Å². The molecule has 2 heterocycles. The van der Waals surface area contributed by atoms with Crippen LogP contribution in [0.2, 0.25) is 0 Å². The standard InChI is InChI=1S/C20H19FN4O3S/c21-15-4-2-1-3-12(15)10-25-7-8-29-17(11-25)19(26)22-13-5-6-16-14(9-13)18(20(27)28)24-23-16/h1-6,9,17H,7-8,10-11H2,(H,22,26)(H,23,24)(H,27,28). The zero-order chi connectivity index (χ0) is 20.4. The van der Waals surface area contributed by atoms with Crippen molar-refractivity contribution in [2.24, 2.45) is 0 Å². The van der Waals surface area contributed by atoms with Crippen LogP contribution in [0.5, 0.6) is 0 Å². The Balaban J connectivity index is 1.44. The summed E-state index contributed by atoms with van der Waals surface area (Å²) in [5.41, 5.74) is 1.63. The molecule has 9 heteroatoms. The number of rotatable bonds is 5. The first-order chi connectivity index (χ1) is 14.0. The lowest BCUT2D eigenvalue weighted by Gasteiger charge is -2.31. The number of anilines is 1. The minimum atomic E-state index is -1.13. The molecule has 4 rings (SSSR count). The molecule has 3 aromatic rings. The van der Waals surface area contributed by atoms with Crippen LogP contribution in [0.15, 0.2) is 42.5 Å². The van der Waals surface area contributed by atoms with E-state index < -0.39 is 5.97 Å². The summed E-state index contributed by atoms with van der Waals surface area (Å²) in [5.74, 6) is -0.759. The fraction of sp³-hybridized carbons (Fsp3) is 0.250. The minimum absolute atomic E-state index is 0.0841. The van der Waals surface area contributed by atoms with Crippen molar-refractivity contribution >= 4 is 40.2 Å². The number of carboxylic acid groups (broad SMARTS) is 1. The number of H-pyrrole nitrogens is 1. The summed E-state index contributed by atoms with van der Waals surface area (Å²) < 4.78 is 13.9. The van der Waals surface area contributed by atoms with Crippen LogP contribution in [0.1, 0.15) is 16.1 Å². The normalized spacial score (nSPS) is 17.3. The number of halogens is 1. The third-order valence-electron chi connectivity index (χ3n) is 4.83. The van der Waals surface area contributed by atoms with E-state index in [4.69, 9.17) is 0 Å². The molecular weight excluding hydrogens is 395 g/mol. The van der Waals surface area contributed by atoms with E-state index in [1.807, 2.05) is 0 Å². The molecule has 1 unspecified atom stereocenters. The van der Waals surface area contributed by atoms with Gasteiger partial charge in [0, 0.05) is 42.0 Å². The number of hydrogen-bond acceptors (Lipinski definition) is 5. The van der Waals surface area contributed by atoms with Crippen LogP contribution >= 0.6 is 11.8 Å². The fourth-order valence-corrected chi connectivity index (χ4v) is 4.52. The largest absolute Gasteiger partial charge is 0.476 e. The number of carbonyl (C=O) groups is 2. The Morgan fingerprint density at radius 1 is 1.31 bits per heavy atom. The van der Waals surface area contributed by atoms with E-state index in [0.717, 1.165) is 12.3 Å². The van der Waals surface area contributed by atoms with Gasteiger partial charge in [0.25, 0.3) is 0 Å². The molecule has 0 aliphatic carbocycles. The second kappa shape index (κ2) is 8.22. The fourth-order valence-electron chi connectivity index (χ4n) is 3.35. The van der Waals surface area contributed by atoms with E-state index in [1.165, 1.54) is 6.07 Å². The van der Waals surface area contributed by atoms with E-state index in [9.17, 15) is 19.1 Å². The Morgan fingerprint density at radius 2 is 2.14 bits per heavy atom. The Hall–Kier alpha value is -2.91. The lowest BCUT2D eigenvalue weighted by atomic mass is 10.1. The maximum atomic E-state index is 13.9. The van der Waals surface area contributed by atoms with Gasteiger partial charge in [0.05, 0.1) is 10.8 Å². The number of aromatic carboxylic acids is 1. The first-order valence-corrected chi connectivity index (χ1v) is 10.2. The number of nitrogens with one attached hydrogen (secondary N) is 2. The Kier molecular flexibility index (Phi) is 5.50. The molecule has 0 spiro atoms. The van der Waals surface area contributed by atoms with Gasteiger partial charge in [-0.1, -0.05) is 18.2 Å². The van der Waals surface area contributed by atoms with Crippen LogP contribution in [-0.4, -0.2) is 56.2 Å². The molecular formula is C20H19FN4O3S. The maximum absolute atomic E-state index is 13.9. The quantitative estimate of drug-likeness (QED) is 0.594. The summed E-state index contributed by atoms with van der Waals surface area (Å²) >= 11 is 1.56. The molecule has 1 fully saturated rings. The molecule has 2 aromatic carbocycles. The molecule has 0 radical (unpaired) electrons. The molecule has 0 bridgehead atoms. The zero-order valence-corrected chi connectivity index (χ0v) is 16.2. The van der Waals surface area contributed by atoms with Gasteiger partial charge in [-0.2, -0.15) is 5.10 Å². The van der Waals surface area contributed by atoms with E-state index in [-0.39, 0.29) is 22.7 Å². The molecule has 7 nitrogen and oxygen atoms in total. The molecule has 1 aromatic heterocycles. The number of nitrogens with zero attached hydrogens (tertiary/aromatic N) is 2. The second-order valence-corrected chi connectivity index (χ2v) is 8.12. The third kappa shape index (κ3) is 4.25. The minimum Gasteiger partial charge on any atom is -0.476 e. The number of carbonyl (C=O) groups excluding carboxylic acids is 1. The summed E-state index contributed by atoms with van der Waals surface area (Å²) in [5, 5.41) is 18.7. The van der Waals surface area contributed by atoms with Crippen molar-refractivity contribution in [3.05, 3.63) is 59.5 Å². The van der Waals surface area contributed by atoms with Gasteiger partial charge >= 0.3 is 5.97 Å². The van der Waals surface area contributed by atoms with Gasteiger partial charge < -0.3 is 10.4 Å². The molecule has 29 heavy (non-hydrogen) atoms. The highest BCUT2D eigenvalue weighted by Crippen LogP contribution is 2.24. The number of hydrogen-bond donors (Lipinski definition) is 3. The number of aromatic amines is 1. The van der Waals surface area contributed by atoms with Crippen molar-refractivity contribution in [3.8, 4) is 0 Å². The predicted molar refractivity (Wildman–Crippen MR) is 110 cm³/mol. The zero-order valence-electron chi connectivity index (χ0n) is 15.4. The monoisotopic (exact) mass is 414 g/mol. The first kappa shape index (κ1) is 19.4. The van der Waals surface area contributed by atoms with E-state index in [2.05, 4.69) is 20.4 Å². The molecule has 1 atom stereocenters. The average molecular weight is 414 g/mol. The van der Waals surface area contributed by atoms with E-state index in [1.54, 1.807) is 48.2 Å². The van der Waals surface area contributed by atoms with Gasteiger partial charge in [0.2, 0.25) is 5.91 Å². The van der Waals surface area contributed by atoms with E-state index >= 15 is 0 Å². The molecule has 150 valence electrons. The van der Waals surface area contributed by atoms with Crippen LogP contribution in [0.3, 0.4) is 0 Å². The molecule has 0 saturated carbocycles. The summed E-state index contributed by atoms with van der Waals surface area (Å²) in [4.78, 5) is 26.1. The number of carboxylic acids is 1. The molecule has 1 amide bonds. The molecule has 3 N–H and O–H groups in total. The number of amides is 1. The Morgan fingerprint density at radius 3 is 2.93 bits per heavy atom. The van der Waals surface area contributed by atoms with Crippen LogP contribution in [0.4, 0.5) is 10.1 Å². The van der Waals surface area contributed by atoms with Gasteiger partial charge in [0.15, 0.2) is 5.69 Å². The number of fused-ring (bicyclic) bond motifs is 1. The van der Waals surface area contributed by atoms with Gasteiger partial charge in [-0.3, -0.25) is 14.8 Å². The third-order valence-corrected chi connectivity index (χ3v) is 6.01. The summed E-state index contributed by atoms with van der Waals surface area (Å²) in [6, 6.07) is 11.6. The maximum Gasteiger partial charge on any atom is 0.357 e. The first-order valence-electron chi connectivity index (χ1n) is 9.11. The van der Waals surface area contributed by atoms with Gasteiger partial charge in [-0.15, -0.1) is 11.8 Å². The lowest BCUT2D eigenvalue weighted by molar-refractivity contribution is -0.116. The highest BCUT2D eigenvalue weighted by Gasteiger charge is 2.27. The van der Waals surface area contributed by atoms with Gasteiger partial charge in [-0.05, 0) is 24.3 Å². The number of thioether (sulfide) groups is 1. The van der Waals surface area contributed by atoms with Crippen molar-refractivity contribution in [2.75, 3.05) is 24.2 Å². The Bertz CT molecular complexity index is 1070. The summed E-state index contributed by atoms with van der Waals surface area (Å²) in [7, 11) is 0. The van der Waals surface area contributed by atoms with E-state index in [0.29, 0.717) is 35.2 Å². The second-order valence-electron chi connectivity index (χ2n) is 6.81. The predicted octanol–water partition coefficient (Wildman–Crippen LogP) is 2.96. The van der Waals surface area contributed by atoms with Gasteiger partial charge in [0.1, 0.15) is 5.82 Å². The molecule has 1 aliphatic heterocycles. The van der Waals surface area contributed by atoms with Crippen molar-refractivity contribution in [1.82, 2.24) is 15.1 Å². The summed E-state index contributed by atoms with van der Waals surface area (Å²) in [6.07, 6.45) is 0. The van der Waals surface area contributed by atoms with Crippen LogP contribution < -0.4 is 5.32 Å². The lowest BCUT2D eigenvalue weighted by Crippen LogP contribution is -2.43. The Labute approximate surface area is 170 Å². The van der Waals surface area contributed by atoms with Crippen LogP contribution in [0.25, 0.3) is 10.9 Å². The smallest absolute Gasteiger partial charge is 0.357 e. The van der Waals surface area contributed by atoms with Crippen LogP contribution in [-0.2, 0) is 11.3 Å². The number of aromatic nitrogens is 2. The topological polar surface area (TPSA) is 98.3 Å². The molecule has 1 aliphatic rings. The highest BCUT2D eigenvalue weighted by atomic mass is 32.2. The average Bonchev–Trinajstić information content (AvgIpc) is 3.13. The molecule has 1 saturated heterocycles.